The van der Waals surface area contributed by atoms with Crippen molar-refractivity contribution in [2.75, 3.05) is 13.2 Å². The first kappa shape index (κ1) is 16.3. The van der Waals surface area contributed by atoms with E-state index >= 15 is 0 Å². The molecule has 1 aliphatic heterocycles. The number of hydrogen-bond donors (Lipinski definition) is 1. The summed E-state index contributed by atoms with van der Waals surface area (Å²) in [5.41, 5.74) is 2.20. The van der Waals surface area contributed by atoms with Crippen molar-refractivity contribution < 1.29 is 9.47 Å². The molecule has 0 spiro atoms. The predicted molar refractivity (Wildman–Crippen MR) is 92.9 cm³/mol. The zero-order valence-corrected chi connectivity index (χ0v) is 13.9. The standard InChI is InChI=1S/C19H22ClNO2/c20-19-9-2-1-6-16(19)14-23-17-7-3-5-15(11-17)12-21-13-18-8-4-10-22-18/h1-3,5-7,9,11,18,21H,4,8,10,12-14H2/t18-/m0/s1. The lowest BCUT2D eigenvalue weighted by atomic mass is 10.2. The number of nitrogens with one attached hydrogen (secondary N) is 1. The van der Waals surface area contributed by atoms with Gasteiger partial charge in [-0.05, 0) is 36.6 Å². The number of halogens is 1. The first-order valence-corrected chi connectivity index (χ1v) is 8.46. The van der Waals surface area contributed by atoms with Gasteiger partial charge in [0.2, 0.25) is 0 Å². The molecule has 0 saturated carbocycles. The topological polar surface area (TPSA) is 30.5 Å². The second-order valence-electron chi connectivity index (χ2n) is 5.79. The Bertz CT molecular complexity index is 626. The van der Waals surface area contributed by atoms with Gasteiger partial charge in [-0.2, -0.15) is 0 Å². The summed E-state index contributed by atoms with van der Waals surface area (Å²) in [6.45, 7) is 3.11. The molecule has 0 aromatic heterocycles. The Morgan fingerprint density at radius 1 is 1.17 bits per heavy atom. The van der Waals surface area contributed by atoms with Gasteiger partial charge in [0.25, 0.3) is 0 Å². The second kappa shape index (κ2) is 8.34. The minimum atomic E-state index is 0.370. The molecule has 1 fully saturated rings. The summed E-state index contributed by atoms with van der Waals surface area (Å²) in [6, 6.07) is 15.9. The number of ether oxygens (including phenoxy) is 2. The van der Waals surface area contributed by atoms with Crippen LogP contribution >= 0.6 is 11.6 Å². The summed E-state index contributed by atoms with van der Waals surface area (Å²) in [6.07, 6.45) is 2.71. The van der Waals surface area contributed by atoms with Crippen molar-refractivity contribution in [3.05, 3.63) is 64.7 Å². The van der Waals surface area contributed by atoms with Crippen LogP contribution in [0.3, 0.4) is 0 Å². The van der Waals surface area contributed by atoms with Gasteiger partial charge in [0.05, 0.1) is 6.10 Å². The van der Waals surface area contributed by atoms with Gasteiger partial charge >= 0.3 is 0 Å². The van der Waals surface area contributed by atoms with Gasteiger partial charge in [-0.15, -0.1) is 0 Å². The van der Waals surface area contributed by atoms with Crippen molar-refractivity contribution in [3.63, 3.8) is 0 Å². The van der Waals surface area contributed by atoms with E-state index in [0.29, 0.717) is 12.7 Å². The van der Waals surface area contributed by atoms with E-state index in [2.05, 4.69) is 17.4 Å². The van der Waals surface area contributed by atoms with Crippen LogP contribution in [0.4, 0.5) is 0 Å². The molecule has 0 amide bonds. The normalized spacial score (nSPS) is 17.3. The molecule has 0 bridgehead atoms. The summed E-state index contributed by atoms with van der Waals surface area (Å²) in [5, 5.41) is 4.19. The van der Waals surface area contributed by atoms with Crippen LogP contribution in [-0.4, -0.2) is 19.3 Å². The third-order valence-electron chi connectivity index (χ3n) is 3.98. The molecule has 1 saturated heterocycles. The van der Waals surface area contributed by atoms with Crippen LogP contribution in [0.1, 0.15) is 24.0 Å². The van der Waals surface area contributed by atoms with Crippen LogP contribution in [0.15, 0.2) is 48.5 Å². The monoisotopic (exact) mass is 331 g/mol. The van der Waals surface area contributed by atoms with Crippen LogP contribution in [0.2, 0.25) is 5.02 Å². The number of hydrogen-bond acceptors (Lipinski definition) is 3. The molecule has 0 aliphatic carbocycles. The van der Waals surface area contributed by atoms with E-state index < -0.39 is 0 Å². The summed E-state index contributed by atoms with van der Waals surface area (Å²) >= 11 is 6.15. The van der Waals surface area contributed by atoms with Gasteiger partial charge in [-0.3, -0.25) is 0 Å². The van der Waals surface area contributed by atoms with Gasteiger partial charge in [-0.25, -0.2) is 0 Å². The Morgan fingerprint density at radius 3 is 2.91 bits per heavy atom. The van der Waals surface area contributed by atoms with E-state index in [-0.39, 0.29) is 0 Å². The van der Waals surface area contributed by atoms with Gasteiger partial charge in [-0.1, -0.05) is 41.9 Å². The summed E-state index contributed by atoms with van der Waals surface area (Å²) in [7, 11) is 0. The van der Waals surface area contributed by atoms with Gasteiger partial charge in [0.15, 0.2) is 0 Å². The van der Waals surface area contributed by atoms with Gasteiger partial charge in [0.1, 0.15) is 12.4 Å². The van der Waals surface area contributed by atoms with Crippen LogP contribution in [0, 0.1) is 0 Å². The molecule has 122 valence electrons. The molecular weight excluding hydrogens is 310 g/mol. The lowest BCUT2D eigenvalue weighted by Crippen LogP contribution is -2.25. The van der Waals surface area contributed by atoms with E-state index in [1.807, 2.05) is 36.4 Å². The Balaban J connectivity index is 1.49. The predicted octanol–water partition coefficient (Wildman–Crippen LogP) is 4.19. The number of benzene rings is 2. The average molecular weight is 332 g/mol. The van der Waals surface area contributed by atoms with Crippen molar-refractivity contribution >= 4 is 11.6 Å². The van der Waals surface area contributed by atoms with Gasteiger partial charge in [0, 0.05) is 30.3 Å². The Morgan fingerprint density at radius 2 is 2.09 bits per heavy atom. The fraction of sp³-hybridized carbons (Fsp3) is 0.368. The SMILES string of the molecule is Clc1ccccc1COc1cccc(CNC[C@@H]2CCCO2)c1. The van der Waals surface area contributed by atoms with E-state index in [0.717, 1.165) is 42.5 Å². The molecular formula is C19H22ClNO2. The van der Waals surface area contributed by atoms with Crippen LogP contribution in [-0.2, 0) is 17.9 Å². The first-order chi connectivity index (χ1) is 11.3. The Hall–Kier alpha value is -1.55. The van der Waals surface area contributed by atoms with Crippen molar-refractivity contribution in [1.29, 1.82) is 0 Å². The molecule has 3 nitrogen and oxygen atoms in total. The molecule has 1 N–H and O–H groups in total. The zero-order valence-electron chi connectivity index (χ0n) is 13.1. The van der Waals surface area contributed by atoms with E-state index in [1.165, 1.54) is 12.0 Å². The smallest absolute Gasteiger partial charge is 0.120 e. The minimum Gasteiger partial charge on any atom is -0.489 e. The fourth-order valence-electron chi connectivity index (χ4n) is 2.70. The Labute approximate surface area is 142 Å². The third kappa shape index (κ3) is 4.96. The van der Waals surface area contributed by atoms with Crippen molar-refractivity contribution in [2.24, 2.45) is 0 Å². The summed E-state index contributed by atoms with van der Waals surface area (Å²) in [5.74, 6) is 0.862. The Kier molecular flexibility index (Phi) is 5.92. The van der Waals surface area contributed by atoms with E-state index in [9.17, 15) is 0 Å². The molecule has 2 aromatic carbocycles. The van der Waals surface area contributed by atoms with Crippen molar-refractivity contribution in [3.8, 4) is 5.75 Å². The first-order valence-electron chi connectivity index (χ1n) is 8.09. The van der Waals surface area contributed by atoms with Crippen molar-refractivity contribution in [1.82, 2.24) is 5.32 Å². The summed E-state index contributed by atoms with van der Waals surface area (Å²) < 4.78 is 11.5. The fourth-order valence-corrected chi connectivity index (χ4v) is 2.89. The van der Waals surface area contributed by atoms with Crippen LogP contribution in [0.5, 0.6) is 5.75 Å². The van der Waals surface area contributed by atoms with Crippen LogP contribution < -0.4 is 10.1 Å². The highest BCUT2D eigenvalue weighted by Gasteiger charge is 2.14. The maximum absolute atomic E-state index is 6.15. The minimum absolute atomic E-state index is 0.370. The quantitative estimate of drug-likeness (QED) is 0.825. The van der Waals surface area contributed by atoms with Crippen molar-refractivity contribution in [2.45, 2.75) is 32.1 Å². The van der Waals surface area contributed by atoms with Crippen LogP contribution in [0.25, 0.3) is 0 Å². The molecule has 0 radical (unpaired) electrons. The highest BCUT2D eigenvalue weighted by atomic mass is 35.5. The average Bonchev–Trinajstić information content (AvgIpc) is 3.08. The molecule has 1 aliphatic rings. The highest BCUT2D eigenvalue weighted by molar-refractivity contribution is 6.31. The lowest BCUT2D eigenvalue weighted by molar-refractivity contribution is 0.110. The maximum Gasteiger partial charge on any atom is 0.120 e. The molecule has 1 heterocycles. The molecule has 4 heteroatoms. The second-order valence-corrected chi connectivity index (χ2v) is 6.20. The molecule has 2 aromatic rings. The maximum atomic E-state index is 6.15. The number of rotatable bonds is 7. The van der Waals surface area contributed by atoms with Gasteiger partial charge < -0.3 is 14.8 Å². The zero-order chi connectivity index (χ0) is 15.9. The lowest BCUT2D eigenvalue weighted by Gasteiger charge is -2.12. The largest absolute Gasteiger partial charge is 0.489 e. The molecule has 0 unspecified atom stereocenters. The third-order valence-corrected chi connectivity index (χ3v) is 4.34. The molecule has 1 atom stereocenters. The van der Waals surface area contributed by atoms with E-state index in [4.69, 9.17) is 21.1 Å². The summed E-state index contributed by atoms with van der Waals surface area (Å²) in [4.78, 5) is 0. The molecule has 23 heavy (non-hydrogen) atoms. The highest BCUT2D eigenvalue weighted by Crippen LogP contribution is 2.19. The molecule has 3 rings (SSSR count). The van der Waals surface area contributed by atoms with E-state index in [1.54, 1.807) is 0 Å².